The molecule has 2 aromatic carbocycles. The number of sulfone groups is 1. The first-order valence-electron chi connectivity index (χ1n) is 12.2. The second-order valence-corrected chi connectivity index (χ2v) is 11.4. The van der Waals surface area contributed by atoms with Gasteiger partial charge in [0.2, 0.25) is 5.95 Å². The third-order valence-corrected chi connectivity index (χ3v) is 7.24. The standard InChI is InChI=1S/C26H28FN7O3S/c1-37-23-13-17(16-7-9-28-10-8-16)3-4-21(23)33-26-31-14-19(27)25(34-26)32-20-5-6-22-24(30-12-11-29-22)18(20)15-38(2,35)36/h3-6,11-14,16,28H,7-10,15H2,1-2H3,(H2,31,32,33,34). The number of benzene rings is 2. The fourth-order valence-corrected chi connectivity index (χ4v) is 5.42. The van der Waals surface area contributed by atoms with Crippen LogP contribution in [0.25, 0.3) is 11.0 Å². The van der Waals surface area contributed by atoms with E-state index in [0.717, 1.165) is 38.4 Å². The van der Waals surface area contributed by atoms with Crippen LogP contribution in [0, 0.1) is 5.82 Å². The van der Waals surface area contributed by atoms with E-state index in [9.17, 15) is 12.8 Å². The number of methoxy groups -OCH3 is 1. The predicted octanol–water partition coefficient (Wildman–Crippen LogP) is 4.07. The zero-order chi connectivity index (χ0) is 26.7. The van der Waals surface area contributed by atoms with Gasteiger partial charge in [0.1, 0.15) is 5.75 Å². The number of nitrogens with one attached hydrogen (secondary N) is 3. The van der Waals surface area contributed by atoms with Gasteiger partial charge < -0.3 is 20.7 Å². The number of rotatable bonds is 8. The first kappa shape index (κ1) is 25.7. The Kier molecular flexibility index (Phi) is 7.34. The largest absolute Gasteiger partial charge is 0.495 e. The van der Waals surface area contributed by atoms with Crippen LogP contribution in [0.2, 0.25) is 0 Å². The molecule has 1 fully saturated rings. The fraction of sp³-hybridized carbons (Fsp3) is 0.308. The third kappa shape index (κ3) is 5.81. The Hall–Kier alpha value is -3.90. The van der Waals surface area contributed by atoms with E-state index >= 15 is 0 Å². The maximum atomic E-state index is 14.8. The van der Waals surface area contributed by atoms with E-state index in [4.69, 9.17) is 4.74 Å². The molecular formula is C26H28FN7O3S. The molecule has 0 atom stereocenters. The van der Waals surface area contributed by atoms with Gasteiger partial charge in [-0.05, 0) is 61.7 Å². The van der Waals surface area contributed by atoms with Crippen molar-refractivity contribution in [2.45, 2.75) is 24.5 Å². The fourth-order valence-electron chi connectivity index (χ4n) is 4.60. The Morgan fingerprint density at radius 1 is 1.05 bits per heavy atom. The highest BCUT2D eigenvalue weighted by atomic mass is 32.2. The van der Waals surface area contributed by atoms with Crippen LogP contribution in [0.5, 0.6) is 5.75 Å². The highest BCUT2D eigenvalue weighted by Crippen LogP contribution is 2.34. The number of nitrogens with zero attached hydrogens (tertiary/aromatic N) is 4. The Bertz CT molecular complexity index is 1580. The summed E-state index contributed by atoms with van der Waals surface area (Å²) in [7, 11) is -1.83. The van der Waals surface area contributed by atoms with Crippen LogP contribution >= 0.6 is 0 Å². The Morgan fingerprint density at radius 2 is 1.82 bits per heavy atom. The van der Waals surface area contributed by atoms with E-state index in [1.807, 2.05) is 12.1 Å². The summed E-state index contributed by atoms with van der Waals surface area (Å²) in [5.41, 5.74) is 3.52. The van der Waals surface area contributed by atoms with E-state index in [1.54, 1.807) is 19.2 Å². The van der Waals surface area contributed by atoms with Crippen LogP contribution in [0.3, 0.4) is 0 Å². The quantitative estimate of drug-likeness (QED) is 0.302. The summed E-state index contributed by atoms with van der Waals surface area (Å²) in [6.45, 7) is 1.98. The molecule has 1 saturated heterocycles. The zero-order valence-electron chi connectivity index (χ0n) is 21.0. The van der Waals surface area contributed by atoms with Crippen LogP contribution in [-0.4, -0.2) is 54.8 Å². The Labute approximate surface area is 220 Å². The molecule has 38 heavy (non-hydrogen) atoms. The first-order valence-corrected chi connectivity index (χ1v) is 14.2. The van der Waals surface area contributed by atoms with Gasteiger partial charge in [-0.1, -0.05) is 6.07 Å². The molecule has 3 N–H and O–H groups in total. The summed E-state index contributed by atoms with van der Waals surface area (Å²) in [5, 5.41) is 9.41. The van der Waals surface area contributed by atoms with Crippen molar-refractivity contribution in [3.8, 4) is 5.75 Å². The van der Waals surface area contributed by atoms with Crippen molar-refractivity contribution in [1.29, 1.82) is 0 Å². The highest BCUT2D eigenvalue weighted by Gasteiger charge is 2.19. The SMILES string of the molecule is COc1cc(C2CCNCC2)ccc1Nc1ncc(F)c(Nc2ccc3nccnc3c2CS(C)(=O)=O)n1. The van der Waals surface area contributed by atoms with Gasteiger partial charge >= 0.3 is 0 Å². The molecule has 0 unspecified atom stereocenters. The number of hydrogen-bond acceptors (Lipinski definition) is 10. The van der Waals surface area contributed by atoms with Gasteiger partial charge in [0.05, 0.1) is 35.8 Å². The molecule has 0 saturated carbocycles. The summed E-state index contributed by atoms with van der Waals surface area (Å²) >= 11 is 0. The number of anilines is 4. The molecule has 10 nitrogen and oxygen atoms in total. The lowest BCUT2D eigenvalue weighted by Crippen LogP contribution is -2.26. The first-order chi connectivity index (χ1) is 18.3. The van der Waals surface area contributed by atoms with Gasteiger partial charge in [-0.3, -0.25) is 9.97 Å². The van der Waals surface area contributed by atoms with Gasteiger partial charge in [0, 0.05) is 29.9 Å². The van der Waals surface area contributed by atoms with Crippen molar-refractivity contribution in [2.24, 2.45) is 0 Å². The minimum atomic E-state index is -3.43. The molecule has 0 spiro atoms. The molecule has 2 aromatic heterocycles. The molecule has 0 radical (unpaired) electrons. The molecule has 1 aliphatic heterocycles. The molecule has 0 bridgehead atoms. The number of halogens is 1. The Morgan fingerprint density at radius 3 is 2.58 bits per heavy atom. The van der Waals surface area contributed by atoms with E-state index < -0.39 is 15.7 Å². The average molecular weight is 538 g/mol. The highest BCUT2D eigenvalue weighted by molar-refractivity contribution is 7.89. The van der Waals surface area contributed by atoms with Crippen LogP contribution in [0.1, 0.15) is 29.9 Å². The maximum Gasteiger partial charge on any atom is 0.229 e. The molecule has 0 amide bonds. The summed E-state index contributed by atoms with van der Waals surface area (Å²) < 4.78 is 44.7. The van der Waals surface area contributed by atoms with Crippen molar-refractivity contribution in [1.82, 2.24) is 25.3 Å². The van der Waals surface area contributed by atoms with E-state index in [-0.39, 0.29) is 17.5 Å². The monoisotopic (exact) mass is 537 g/mol. The molecule has 0 aliphatic carbocycles. The van der Waals surface area contributed by atoms with Crippen molar-refractivity contribution < 1.29 is 17.5 Å². The topological polar surface area (TPSA) is 131 Å². The van der Waals surface area contributed by atoms with Crippen molar-refractivity contribution in [2.75, 3.05) is 37.1 Å². The molecule has 198 valence electrons. The van der Waals surface area contributed by atoms with Gasteiger partial charge in [-0.15, -0.1) is 0 Å². The van der Waals surface area contributed by atoms with Crippen molar-refractivity contribution in [3.05, 3.63) is 65.9 Å². The molecular weight excluding hydrogens is 509 g/mol. The molecule has 5 rings (SSSR count). The normalized spacial score (nSPS) is 14.4. The summed E-state index contributed by atoms with van der Waals surface area (Å²) in [6, 6.07) is 9.28. The van der Waals surface area contributed by atoms with E-state index in [0.29, 0.717) is 39.6 Å². The summed E-state index contributed by atoms with van der Waals surface area (Å²) in [4.78, 5) is 16.9. The van der Waals surface area contributed by atoms with E-state index in [2.05, 4.69) is 42.0 Å². The van der Waals surface area contributed by atoms with Gasteiger partial charge in [-0.25, -0.2) is 17.8 Å². The second kappa shape index (κ2) is 10.8. The van der Waals surface area contributed by atoms with Gasteiger partial charge in [0.15, 0.2) is 21.5 Å². The molecule has 1 aliphatic rings. The van der Waals surface area contributed by atoms with Crippen LogP contribution in [-0.2, 0) is 15.6 Å². The number of piperidine rings is 1. The summed E-state index contributed by atoms with van der Waals surface area (Å²) in [6.07, 6.45) is 7.30. The lowest BCUT2D eigenvalue weighted by molar-refractivity contribution is 0.413. The summed E-state index contributed by atoms with van der Waals surface area (Å²) in [5.74, 6) is 0.118. The smallest absolute Gasteiger partial charge is 0.229 e. The molecule has 4 aromatic rings. The van der Waals surface area contributed by atoms with E-state index in [1.165, 1.54) is 18.0 Å². The lowest BCUT2D eigenvalue weighted by Gasteiger charge is -2.24. The molecule has 3 heterocycles. The minimum Gasteiger partial charge on any atom is -0.495 e. The third-order valence-electron chi connectivity index (χ3n) is 6.43. The number of ether oxygens (including phenoxy) is 1. The van der Waals surface area contributed by atoms with Crippen LogP contribution < -0.4 is 20.7 Å². The van der Waals surface area contributed by atoms with Gasteiger partial charge in [0.25, 0.3) is 0 Å². The average Bonchev–Trinajstić information content (AvgIpc) is 2.92. The van der Waals surface area contributed by atoms with Crippen LogP contribution in [0.15, 0.2) is 48.9 Å². The number of aromatic nitrogens is 4. The van der Waals surface area contributed by atoms with Crippen LogP contribution in [0.4, 0.5) is 27.5 Å². The number of fused-ring (bicyclic) bond motifs is 1. The number of hydrogen-bond donors (Lipinski definition) is 3. The second-order valence-electron chi connectivity index (χ2n) is 9.21. The Balaban J connectivity index is 1.44. The predicted molar refractivity (Wildman–Crippen MR) is 144 cm³/mol. The van der Waals surface area contributed by atoms with Crippen molar-refractivity contribution >= 4 is 44.0 Å². The molecule has 12 heteroatoms. The minimum absolute atomic E-state index is 0.120. The maximum absolute atomic E-state index is 14.8. The zero-order valence-corrected chi connectivity index (χ0v) is 21.8. The lowest BCUT2D eigenvalue weighted by atomic mass is 9.90. The van der Waals surface area contributed by atoms with Gasteiger partial charge in [-0.2, -0.15) is 4.98 Å². The van der Waals surface area contributed by atoms with Crippen molar-refractivity contribution in [3.63, 3.8) is 0 Å².